The molecule has 6 atom stereocenters. The summed E-state index contributed by atoms with van der Waals surface area (Å²) < 4.78 is 0. The summed E-state index contributed by atoms with van der Waals surface area (Å²) in [7, 11) is 0. The number of benzene rings is 2. The average molecular weight is 403 g/mol. The number of nitro benzene ring substituents is 1. The van der Waals surface area contributed by atoms with Crippen LogP contribution in [0.4, 0.5) is 11.4 Å². The lowest BCUT2D eigenvalue weighted by atomic mass is 9.71. The van der Waals surface area contributed by atoms with Gasteiger partial charge in [-0.15, -0.1) is 0 Å². The lowest BCUT2D eigenvalue weighted by Gasteiger charge is -2.29. The zero-order valence-corrected chi connectivity index (χ0v) is 15.8. The van der Waals surface area contributed by atoms with Crippen LogP contribution in [0.2, 0.25) is 0 Å². The standard InChI is InChI=1S/C22H17N3O5/c26-21-16-14-10-15(17(16)22(27)24(21)12-4-2-1-3-5-12)20-18(14)19(23-30-20)11-6-8-13(9-7-11)25(28)29/h1-9,14-18,20H,10H2/t14-,15+,16-,17-,18-,20+/m0/s1. The van der Waals surface area contributed by atoms with Crippen LogP contribution in [0.25, 0.3) is 0 Å². The molecule has 1 saturated heterocycles. The van der Waals surface area contributed by atoms with E-state index in [2.05, 4.69) is 5.16 Å². The fraction of sp³-hybridized carbons (Fsp3) is 0.318. The quantitative estimate of drug-likeness (QED) is 0.445. The molecule has 8 nitrogen and oxygen atoms in total. The summed E-state index contributed by atoms with van der Waals surface area (Å²) in [6, 6.07) is 15.3. The van der Waals surface area contributed by atoms with Crippen molar-refractivity contribution in [3.63, 3.8) is 0 Å². The number of anilines is 1. The highest BCUT2D eigenvalue weighted by atomic mass is 16.6. The number of oxime groups is 1. The number of carbonyl (C=O) groups is 2. The smallest absolute Gasteiger partial charge is 0.269 e. The largest absolute Gasteiger partial charge is 0.391 e. The lowest BCUT2D eigenvalue weighted by Crippen LogP contribution is -2.41. The summed E-state index contributed by atoms with van der Waals surface area (Å²) in [5.74, 6) is -1.16. The maximum absolute atomic E-state index is 13.3. The van der Waals surface area contributed by atoms with Crippen LogP contribution in [0, 0.1) is 39.7 Å². The Bertz CT molecular complexity index is 1110. The van der Waals surface area contributed by atoms with Crippen molar-refractivity contribution in [3.8, 4) is 0 Å². The molecule has 2 aromatic rings. The minimum atomic E-state index is -0.442. The van der Waals surface area contributed by atoms with E-state index in [-0.39, 0.29) is 53.2 Å². The molecule has 4 aliphatic rings. The van der Waals surface area contributed by atoms with Crippen LogP contribution in [0.1, 0.15) is 12.0 Å². The molecule has 0 radical (unpaired) electrons. The van der Waals surface area contributed by atoms with Crippen LogP contribution in [-0.2, 0) is 14.4 Å². The Morgan fingerprint density at radius 3 is 2.27 bits per heavy atom. The van der Waals surface area contributed by atoms with Gasteiger partial charge in [0.05, 0.1) is 28.2 Å². The number of nitro groups is 1. The first-order valence-electron chi connectivity index (χ1n) is 9.97. The van der Waals surface area contributed by atoms with Gasteiger partial charge in [0, 0.05) is 29.5 Å². The number of rotatable bonds is 3. The van der Waals surface area contributed by atoms with E-state index in [0.717, 1.165) is 17.7 Å². The van der Waals surface area contributed by atoms with Crippen molar-refractivity contribution in [1.82, 2.24) is 0 Å². The summed E-state index contributed by atoms with van der Waals surface area (Å²) in [6.07, 6.45) is 0.533. The van der Waals surface area contributed by atoms with E-state index >= 15 is 0 Å². The van der Waals surface area contributed by atoms with Gasteiger partial charge in [0.1, 0.15) is 6.10 Å². The summed E-state index contributed by atoms with van der Waals surface area (Å²) in [5.41, 5.74) is 2.10. The highest BCUT2D eigenvalue weighted by Crippen LogP contribution is 2.62. The minimum absolute atomic E-state index is 0.0119. The van der Waals surface area contributed by atoms with Gasteiger partial charge in [-0.25, -0.2) is 0 Å². The first-order chi connectivity index (χ1) is 14.6. The van der Waals surface area contributed by atoms with Gasteiger partial charge in [0.15, 0.2) is 0 Å². The van der Waals surface area contributed by atoms with Crippen molar-refractivity contribution < 1.29 is 19.3 Å². The monoisotopic (exact) mass is 403 g/mol. The van der Waals surface area contributed by atoms with Gasteiger partial charge in [-0.2, -0.15) is 0 Å². The number of carbonyl (C=O) groups excluding carboxylic acids is 2. The second kappa shape index (κ2) is 5.98. The van der Waals surface area contributed by atoms with Gasteiger partial charge in [0.25, 0.3) is 5.69 Å². The molecule has 0 spiro atoms. The van der Waals surface area contributed by atoms with E-state index in [1.54, 1.807) is 24.3 Å². The molecule has 0 unspecified atom stereocenters. The van der Waals surface area contributed by atoms with Gasteiger partial charge in [0.2, 0.25) is 11.8 Å². The Kier molecular flexibility index (Phi) is 3.45. The van der Waals surface area contributed by atoms with Crippen LogP contribution in [0.15, 0.2) is 59.8 Å². The first-order valence-corrected chi connectivity index (χ1v) is 9.97. The minimum Gasteiger partial charge on any atom is -0.391 e. The van der Waals surface area contributed by atoms with Gasteiger partial charge in [-0.1, -0.05) is 23.4 Å². The molecule has 2 aliphatic heterocycles. The molecule has 0 N–H and O–H groups in total. The maximum atomic E-state index is 13.3. The molecule has 6 rings (SSSR count). The van der Waals surface area contributed by atoms with E-state index in [1.165, 1.54) is 17.0 Å². The number of non-ortho nitro benzene ring substituents is 1. The van der Waals surface area contributed by atoms with Crippen molar-refractivity contribution in [3.05, 3.63) is 70.3 Å². The predicted octanol–water partition coefficient (Wildman–Crippen LogP) is 2.77. The fourth-order valence-corrected chi connectivity index (χ4v) is 5.95. The van der Waals surface area contributed by atoms with Crippen LogP contribution < -0.4 is 4.90 Å². The Morgan fingerprint density at radius 1 is 0.933 bits per heavy atom. The maximum Gasteiger partial charge on any atom is 0.269 e. The third-order valence-electron chi connectivity index (χ3n) is 7.08. The first kappa shape index (κ1) is 17.3. The molecule has 2 bridgehead atoms. The molecular formula is C22H17N3O5. The topological polar surface area (TPSA) is 102 Å². The van der Waals surface area contributed by atoms with Gasteiger partial charge < -0.3 is 4.84 Å². The SMILES string of the molecule is O=C1[C@H]2[C@@H]3C[C@@H]([C@H]4ON=C(c5ccc([N+](=O)[O-])cc5)[C@H]34)[C@@H]2C(=O)N1c1ccccc1. The number of para-hydroxylation sites is 1. The molecule has 8 heteroatoms. The van der Waals surface area contributed by atoms with E-state index in [4.69, 9.17) is 4.84 Å². The molecule has 2 saturated carbocycles. The molecule has 2 aromatic carbocycles. The average Bonchev–Trinajstić information content (AvgIpc) is 3.49. The van der Waals surface area contributed by atoms with Crippen LogP contribution >= 0.6 is 0 Å². The van der Waals surface area contributed by atoms with Crippen molar-refractivity contribution in [2.24, 2.45) is 34.7 Å². The second-order valence-electron chi connectivity index (χ2n) is 8.34. The number of nitrogens with zero attached hydrogens (tertiary/aromatic N) is 3. The van der Waals surface area contributed by atoms with Crippen molar-refractivity contribution in [2.75, 3.05) is 4.90 Å². The van der Waals surface area contributed by atoms with Gasteiger partial charge in [-0.3, -0.25) is 24.6 Å². The molecule has 30 heavy (non-hydrogen) atoms. The highest BCUT2D eigenvalue weighted by molar-refractivity contribution is 6.23. The van der Waals surface area contributed by atoms with Crippen molar-refractivity contribution >= 4 is 28.9 Å². The zero-order valence-electron chi connectivity index (χ0n) is 15.8. The Labute approximate surface area is 171 Å². The number of amides is 2. The molecule has 2 aliphatic carbocycles. The lowest BCUT2D eigenvalue weighted by molar-refractivity contribution is -0.384. The third kappa shape index (κ3) is 2.13. The molecular weight excluding hydrogens is 386 g/mol. The highest BCUT2D eigenvalue weighted by Gasteiger charge is 2.70. The van der Waals surface area contributed by atoms with Gasteiger partial charge >= 0.3 is 0 Å². The molecule has 2 heterocycles. The van der Waals surface area contributed by atoms with E-state index in [1.807, 2.05) is 18.2 Å². The van der Waals surface area contributed by atoms with Crippen LogP contribution in [0.5, 0.6) is 0 Å². The normalized spacial score (nSPS) is 33.3. The van der Waals surface area contributed by atoms with E-state index in [9.17, 15) is 19.7 Å². The molecule has 3 fully saturated rings. The summed E-state index contributed by atoms with van der Waals surface area (Å²) in [5, 5.41) is 15.2. The number of hydrogen-bond acceptors (Lipinski definition) is 6. The van der Waals surface area contributed by atoms with Crippen molar-refractivity contribution in [2.45, 2.75) is 12.5 Å². The molecule has 2 amide bonds. The molecule has 150 valence electrons. The third-order valence-corrected chi connectivity index (χ3v) is 7.08. The van der Waals surface area contributed by atoms with Crippen LogP contribution in [0.3, 0.4) is 0 Å². The second-order valence-corrected chi connectivity index (χ2v) is 8.34. The Hall–Kier alpha value is -3.55. The van der Waals surface area contributed by atoms with E-state index < -0.39 is 4.92 Å². The summed E-state index contributed by atoms with van der Waals surface area (Å²) >= 11 is 0. The Balaban J connectivity index is 1.33. The fourth-order valence-electron chi connectivity index (χ4n) is 5.95. The zero-order chi connectivity index (χ0) is 20.6. The number of imide groups is 1. The molecule has 0 aromatic heterocycles. The Morgan fingerprint density at radius 2 is 1.60 bits per heavy atom. The number of hydrogen-bond donors (Lipinski definition) is 0. The number of fused-ring (bicyclic) bond motifs is 8. The summed E-state index contributed by atoms with van der Waals surface area (Å²) in [6.45, 7) is 0. The summed E-state index contributed by atoms with van der Waals surface area (Å²) in [4.78, 5) is 44.1. The van der Waals surface area contributed by atoms with E-state index in [0.29, 0.717) is 5.69 Å². The van der Waals surface area contributed by atoms with Crippen molar-refractivity contribution in [1.29, 1.82) is 0 Å². The van der Waals surface area contributed by atoms with Gasteiger partial charge in [-0.05, 0) is 36.6 Å². The van der Waals surface area contributed by atoms with Crippen LogP contribution in [-0.4, -0.2) is 28.6 Å². The predicted molar refractivity (Wildman–Crippen MR) is 106 cm³/mol.